The molecule has 0 aliphatic carbocycles. The van der Waals surface area contributed by atoms with Gasteiger partial charge < -0.3 is 0 Å². The van der Waals surface area contributed by atoms with Crippen molar-refractivity contribution in [3.63, 3.8) is 0 Å². The van der Waals surface area contributed by atoms with Crippen molar-refractivity contribution in [1.29, 1.82) is 0 Å². The van der Waals surface area contributed by atoms with Gasteiger partial charge in [0, 0.05) is 0 Å². The molecule has 0 N–H and O–H groups in total. The third-order valence-corrected chi connectivity index (χ3v) is 3.25. The molecule has 0 saturated carbocycles. The monoisotopic (exact) mass is 250 g/mol. The maximum absolute atomic E-state index is 3.96. The highest BCUT2D eigenvalue weighted by atomic mass is 14.2. The lowest BCUT2D eigenvalue weighted by atomic mass is 9.86. The van der Waals surface area contributed by atoms with Crippen molar-refractivity contribution >= 4 is 30.4 Å². The summed E-state index contributed by atoms with van der Waals surface area (Å²) in [6.45, 7) is 18.0. The molecule has 0 fully saturated rings. The third-order valence-electron chi connectivity index (χ3n) is 3.25. The van der Waals surface area contributed by atoms with Crippen LogP contribution in [0.4, 0.5) is 0 Å². The normalized spacial score (nSPS) is 11.1. The first-order chi connectivity index (χ1) is 9.15. The van der Waals surface area contributed by atoms with Gasteiger partial charge in [-0.2, -0.15) is 0 Å². The average Bonchev–Trinajstić information content (AvgIpc) is 2.42. The molecule has 0 aliphatic heterocycles. The van der Waals surface area contributed by atoms with Crippen LogP contribution in [0.2, 0.25) is 0 Å². The highest BCUT2D eigenvalue weighted by Gasteiger charge is 2.14. The Morgan fingerprint density at radius 3 is 1.47 bits per heavy atom. The van der Waals surface area contributed by atoms with Crippen LogP contribution in [0.5, 0.6) is 0 Å². The quantitative estimate of drug-likeness (QED) is 0.602. The van der Waals surface area contributed by atoms with Crippen molar-refractivity contribution in [3.8, 4) is 0 Å². The lowest BCUT2D eigenvalue weighted by molar-refractivity contribution is 1.37. The second-order valence-corrected chi connectivity index (χ2v) is 4.31. The fourth-order valence-electron chi connectivity index (χ4n) is 2.41. The molecule has 0 atom stereocenters. The van der Waals surface area contributed by atoms with E-state index in [2.05, 4.69) is 44.9 Å². The molecule has 1 aromatic rings. The Morgan fingerprint density at radius 2 is 1.05 bits per heavy atom. The Morgan fingerprint density at radius 1 is 0.632 bits per heavy atom. The van der Waals surface area contributed by atoms with E-state index >= 15 is 0 Å². The molecule has 0 bridgehead atoms. The van der Waals surface area contributed by atoms with E-state index in [-0.39, 0.29) is 0 Å². The molecule has 0 aliphatic rings. The molecule has 0 amide bonds. The molecule has 98 valence electrons. The second-order valence-electron chi connectivity index (χ2n) is 4.31. The van der Waals surface area contributed by atoms with Crippen LogP contribution >= 0.6 is 0 Å². The summed E-state index contributed by atoms with van der Waals surface area (Å²) in [6.07, 6.45) is 14.0. The van der Waals surface area contributed by atoms with Gasteiger partial charge in [-0.1, -0.05) is 62.3 Å². The third kappa shape index (κ3) is 2.68. The Kier molecular flexibility index (Phi) is 5.32. The Labute approximate surface area is 117 Å². The van der Waals surface area contributed by atoms with E-state index in [1.165, 1.54) is 11.1 Å². The van der Waals surface area contributed by atoms with Crippen LogP contribution in [0.3, 0.4) is 0 Å². The minimum Gasteiger partial charge on any atom is -0.0984 e. The van der Waals surface area contributed by atoms with Gasteiger partial charge in [-0.15, -0.1) is 0 Å². The van der Waals surface area contributed by atoms with Crippen LogP contribution in [0, 0.1) is 6.92 Å². The van der Waals surface area contributed by atoms with Gasteiger partial charge in [0.15, 0.2) is 0 Å². The van der Waals surface area contributed by atoms with Crippen molar-refractivity contribution in [2.45, 2.75) is 20.8 Å². The van der Waals surface area contributed by atoms with Crippen LogP contribution in [-0.2, 0) is 0 Å². The summed E-state index contributed by atoms with van der Waals surface area (Å²) in [6, 6.07) is 0. The van der Waals surface area contributed by atoms with E-state index < -0.39 is 0 Å². The number of hydrogen-bond donors (Lipinski definition) is 0. The topological polar surface area (TPSA) is 0 Å². The van der Waals surface area contributed by atoms with Crippen LogP contribution in [0.1, 0.15) is 47.2 Å². The number of allylic oxidation sites excluding steroid dienone is 2. The smallest absolute Gasteiger partial charge is 0.0103 e. The Balaban J connectivity index is 3.96. The summed E-state index contributed by atoms with van der Waals surface area (Å²) in [7, 11) is 0. The molecule has 0 unspecified atom stereocenters. The first-order valence-corrected chi connectivity index (χ1v) is 6.49. The van der Waals surface area contributed by atoms with Crippen LogP contribution in [-0.4, -0.2) is 0 Å². The molecule has 0 radical (unpaired) electrons. The predicted octanol–water partition coefficient (Wildman–Crippen LogP) is 5.99. The van der Waals surface area contributed by atoms with E-state index in [9.17, 15) is 0 Å². The van der Waals surface area contributed by atoms with Crippen molar-refractivity contribution in [2.75, 3.05) is 0 Å². The standard InChI is InChI=1S/C19H22/c1-7-12-18-14(6)15(9-3)16(10-4)19(13-8-2)17(18)11-5/h7-13H,3-5H2,1-2,6H3/b12-7-,13-8-. The van der Waals surface area contributed by atoms with Gasteiger partial charge in [0.2, 0.25) is 0 Å². The molecular formula is C19H22. The predicted molar refractivity (Wildman–Crippen MR) is 90.9 cm³/mol. The highest BCUT2D eigenvalue weighted by Crippen LogP contribution is 2.32. The molecule has 0 saturated heterocycles. The summed E-state index contributed by atoms with van der Waals surface area (Å²) in [5, 5.41) is 0. The van der Waals surface area contributed by atoms with E-state index in [0.717, 1.165) is 22.3 Å². The number of benzene rings is 1. The molecule has 0 heteroatoms. The van der Waals surface area contributed by atoms with Gasteiger partial charge in [-0.3, -0.25) is 0 Å². The first-order valence-electron chi connectivity index (χ1n) is 6.49. The molecule has 0 spiro atoms. The van der Waals surface area contributed by atoms with Crippen LogP contribution in [0.15, 0.2) is 31.9 Å². The summed E-state index contributed by atoms with van der Waals surface area (Å²) < 4.78 is 0. The SMILES string of the molecule is C=Cc1c(C)c(/C=C\C)c(C=C)c(/C=C\C)c1C=C. The lowest BCUT2D eigenvalue weighted by Crippen LogP contribution is -1.99. The van der Waals surface area contributed by atoms with Crippen molar-refractivity contribution < 1.29 is 0 Å². The van der Waals surface area contributed by atoms with Gasteiger partial charge in [0.05, 0.1) is 0 Å². The fourth-order valence-corrected chi connectivity index (χ4v) is 2.41. The zero-order chi connectivity index (χ0) is 14.4. The number of rotatable bonds is 5. The van der Waals surface area contributed by atoms with E-state index in [1.54, 1.807) is 0 Å². The van der Waals surface area contributed by atoms with Crippen molar-refractivity contribution in [3.05, 3.63) is 65.3 Å². The molecular weight excluding hydrogens is 228 g/mol. The maximum atomic E-state index is 3.96. The minimum absolute atomic E-state index is 1.12. The van der Waals surface area contributed by atoms with Crippen LogP contribution < -0.4 is 0 Å². The second kappa shape index (κ2) is 6.75. The van der Waals surface area contributed by atoms with Gasteiger partial charge in [0.25, 0.3) is 0 Å². The van der Waals surface area contributed by atoms with Crippen molar-refractivity contribution in [2.24, 2.45) is 0 Å². The molecule has 1 rings (SSSR count). The fraction of sp³-hybridized carbons (Fsp3) is 0.158. The van der Waals surface area contributed by atoms with Crippen LogP contribution in [0.25, 0.3) is 30.4 Å². The molecule has 0 nitrogen and oxygen atoms in total. The molecule has 0 heterocycles. The summed E-state index contributed by atoms with van der Waals surface area (Å²) >= 11 is 0. The Bertz CT molecular complexity index is 566. The number of hydrogen-bond acceptors (Lipinski definition) is 0. The maximum Gasteiger partial charge on any atom is -0.0103 e. The van der Waals surface area contributed by atoms with Gasteiger partial charge in [-0.25, -0.2) is 0 Å². The largest absolute Gasteiger partial charge is 0.0984 e. The van der Waals surface area contributed by atoms with E-state index in [4.69, 9.17) is 0 Å². The zero-order valence-corrected chi connectivity index (χ0v) is 12.2. The summed E-state index contributed by atoms with van der Waals surface area (Å²) in [4.78, 5) is 0. The highest BCUT2D eigenvalue weighted by molar-refractivity contribution is 5.85. The molecule has 19 heavy (non-hydrogen) atoms. The minimum atomic E-state index is 1.12. The Hall–Kier alpha value is -2.08. The summed E-state index contributed by atoms with van der Waals surface area (Å²) in [5.74, 6) is 0. The van der Waals surface area contributed by atoms with E-state index in [1.807, 2.05) is 38.2 Å². The van der Waals surface area contributed by atoms with Crippen molar-refractivity contribution in [1.82, 2.24) is 0 Å². The van der Waals surface area contributed by atoms with Gasteiger partial charge in [-0.05, 0) is 54.2 Å². The summed E-state index contributed by atoms with van der Waals surface area (Å²) in [5.41, 5.74) is 6.98. The lowest BCUT2D eigenvalue weighted by Gasteiger charge is -2.18. The average molecular weight is 250 g/mol. The molecule has 0 aromatic heterocycles. The molecule has 1 aromatic carbocycles. The first kappa shape index (κ1) is 15.0. The van der Waals surface area contributed by atoms with Gasteiger partial charge in [0.1, 0.15) is 0 Å². The van der Waals surface area contributed by atoms with Gasteiger partial charge >= 0.3 is 0 Å². The van der Waals surface area contributed by atoms with E-state index in [0.29, 0.717) is 0 Å². The zero-order valence-electron chi connectivity index (χ0n) is 12.2.